The number of carbonyl (C=O) groups is 1. The van der Waals surface area contributed by atoms with Crippen LogP contribution in [-0.2, 0) is 4.74 Å². The predicted molar refractivity (Wildman–Crippen MR) is 73.5 cm³/mol. The minimum absolute atomic E-state index is 0.0176. The van der Waals surface area contributed by atoms with Crippen molar-refractivity contribution in [2.45, 2.75) is 45.0 Å². The summed E-state index contributed by atoms with van der Waals surface area (Å²) in [6.07, 6.45) is 1.35. The Morgan fingerprint density at radius 1 is 1.47 bits per heavy atom. The number of rotatable bonds is 5. The van der Waals surface area contributed by atoms with Crippen LogP contribution in [0.4, 0.5) is 0 Å². The molecule has 1 heterocycles. The van der Waals surface area contributed by atoms with Crippen LogP contribution in [0.3, 0.4) is 0 Å². The molecule has 2 unspecified atom stereocenters. The van der Waals surface area contributed by atoms with Crippen LogP contribution in [0.25, 0.3) is 0 Å². The van der Waals surface area contributed by atoms with E-state index in [1.165, 1.54) is 0 Å². The van der Waals surface area contributed by atoms with Gasteiger partial charge in [0, 0.05) is 12.1 Å². The number of nitrogens with two attached hydrogens (primary N) is 1. The Morgan fingerprint density at radius 2 is 2.26 bits per heavy atom. The Bertz CT molecular complexity index is 445. The largest absolute Gasteiger partial charge is 0.491 e. The molecule has 1 aromatic carbocycles. The maximum atomic E-state index is 12.3. The lowest BCUT2D eigenvalue weighted by Crippen LogP contribution is -2.25. The van der Waals surface area contributed by atoms with Crippen LogP contribution in [0.2, 0.25) is 0 Å². The highest BCUT2D eigenvalue weighted by atomic mass is 16.5. The summed E-state index contributed by atoms with van der Waals surface area (Å²) in [4.78, 5) is 12.3. The maximum absolute atomic E-state index is 12.3. The highest BCUT2D eigenvalue weighted by Gasteiger charge is 2.30. The SMILES string of the molecule is CC(C)Oc1cccc(C(=O)C2CCC(CN)O2)c1. The average Bonchev–Trinajstić information content (AvgIpc) is 2.86. The summed E-state index contributed by atoms with van der Waals surface area (Å²) in [5, 5.41) is 0. The van der Waals surface area contributed by atoms with E-state index >= 15 is 0 Å². The number of benzene rings is 1. The maximum Gasteiger partial charge on any atom is 0.191 e. The lowest BCUT2D eigenvalue weighted by Gasteiger charge is -2.13. The molecule has 0 bridgehead atoms. The molecule has 4 heteroatoms. The molecule has 0 amide bonds. The van der Waals surface area contributed by atoms with Crippen molar-refractivity contribution >= 4 is 5.78 Å². The fourth-order valence-electron chi connectivity index (χ4n) is 2.25. The van der Waals surface area contributed by atoms with Crippen LogP contribution < -0.4 is 10.5 Å². The summed E-state index contributed by atoms with van der Waals surface area (Å²) < 4.78 is 11.2. The second-order valence-corrected chi connectivity index (χ2v) is 5.12. The third-order valence-electron chi connectivity index (χ3n) is 3.15. The Hall–Kier alpha value is -1.39. The quantitative estimate of drug-likeness (QED) is 0.827. The first-order valence-electron chi connectivity index (χ1n) is 6.76. The first-order valence-corrected chi connectivity index (χ1v) is 6.76. The molecule has 1 aliphatic heterocycles. The van der Waals surface area contributed by atoms with E-state index in [1.54, 1.807) is 12.1 Å². The van der Waals surface area contributed by atoms with E-state index in [2.05, 4.69) is 0 Å². The van der Waals surface area contributed by atoms with Crippen molar-refractivity contribution < 1.29 is 14.3 Å². The minimum atomic E-state index is -0.358. The van der Waals surface area contributed by atoms with Crippen molar-refractivity contribution in [2.75, 3.05) is 6.54 Å². The van der Waals surface area contributed by atoms with Gasteiger partial charge in [0.25, 0.3) is 0 Å². The van der Waals surface area contributed by atoms with Gasteiger partial charge in [0.15, 0.2) is 5.78 Å². The smallest absolute Gasteiger partial charge is 0.191 e. The van der Waals surface area contributed by atoms with E-state index < -0.39 is 0 Å². The van der Waals surface area contributed by atoms with Gasteiger partial charge in [0.1, 0.15) is 11.9 Å². The molecule has 2 rings (SSSR count). The molecule has 0 aromatic heterocycles. The predicted octanol–water partition coefficient (Wildman–Crippen LogP) is 2.16. The molecule has 0 aliphatic carbocycles. The number of carbonyl (C=O) groups excluding carboxylic acids is 1. The Kier molecular flexibility index (Phi) is 4.56. The van der Waals surface area contributed by atoms with Crippen LogP contribution in [0.5, 0.6) is 5.75 Å². The molecule has 1 aliphatic rings. The third-order valence-corrected chi connectivity index (χ3v) is 3.15. The van der Waals surface area contributed by atoms with E-state index in [9.17, 15) is 4.79 Å². The molecule has 0 saturated carbocycles. The van der Waals surface area contributed by atoms with E-state index in [4.69, 9.17) is 15.2 Å². The van der Waals surface area contributed by atoms with Gasteiger partial charge in [-0.05, 0) is 38.8 Å². The third kappa shape index (κ3) is 3.55. The molecule has 0 spiro atoms. The van der Waals surface area contributed by atoms with Gasteiger partial charge in [-0.2, -0.15) is 0 Å². The summed E-state index contributed by atoms with van der Waals surface area (Å²) in [5.41, 5.74) is 6.20. The van der Waals surface area contributed by atoms with Gasteiger partial charge in [-0.3, -0.25) is 4.79 Å². The zero-order chi connectivity index (χ0) is 13.8. The van der Waals surface area contributed by atoms with Crippen molar-refractivity contribution in [1.29, 1.82) is 0 Å². The molecule has 0 radical (unpaired) electrons. The highest BCUT2D eigenvalue weighted by molar-refractivity contribution is 5.99. The summed E-state index contributed by atoms with van der Waals surface area (Å²) >= 11 is 0. The summed E-state index contributed by atoms with van der Waals surface area (Å²) in [6, 6.07) is 7.27. The molecule has 104 valence electrons. The van der Waals surface area contributed by atoms with Gasteiger partial charge < -0.3 is 15.2 Å². The lowest BCUT2D eigenvalue weighted by atomic mass is 10.0. The van der Waals surface area contributed by atoms with Gasteiger partial charge in [-0.1, -0.05) is 12.1 Å². The number of ketones is 1. The summed E-state index contributed by atoms with van der Waals surface area (Å²) in [7, 11) is 0. The fraction of sp³-hybridized carbons (Fsp3) is 0.533. The van der Waals surface area contributed by atoms with Crippen molar-refractivity contribution in [2.24, 2.45) is 5.73 Å². The van der Waals surface area contributed by atoms with E-state index in [1.807, 2.05) is 26.0 Å². The number of hydrogen-bond acceptors (Lipinski definition) is 4. The van der Waals surface area contributed by atoms with Crippen molar-refractivity contribution in [1.82, 2.24) is 0 Å². The Labute approximate surface area is 113 Å². The van der Waals surface area contributed by atoms with Crippen LogP contribution >= 0.6 is 0 Å². The first-order chi connectivity index (χ1) is 9.10. The number of ether oxygens (including phenoxy) is 2. The van der Waals surface area contributed by atoms with Gasteiger partial charge in [-0.25, -0.2) is 0 Å². The standard InChI is InChI=1S/C15H21NO3/c1-10(2)18-12-5-3-4-11(8-12)15(17)14-7-6-13(9-16)19-14/h3-5,8,10,13-14H,6-7,9,16H2,1-2H3. The molecule has 1 aromatic rings. The van der Waals surface area contributed by atoms with E-state index in [-0.39, 0.29) is 24.1 Å². The van der Waals surface area contributed by atoms with Crippen molar-refractivity contribution in [3.8, 4) is 5.75 Å². The normalized spacial score (nSPS) is 22.7. The van der Waals surface area contributed by atoms with Gasteiger partial charge in [-0.15, -0.1) is 0 Å². The Morgan fingerprint density at radius 3 is 2.89 bits per heavy atom. The van der Waals surface area contributed by atoms with Crippen LogP contribution in [-0.4, -0.2) is 30.6 Å². The Balaban J connectivity index is 2.07. The van der Waals surface area contributed by atoms with Crippen LogP contribution in [0.15, 0.2) is 24.3 Å². The molecular weight excluding hydrogens is 242 g/mol. The highest BCUT2D eigenvalue weighted by Crippen LogP contribution is 2.24. The van der Waals surface area contributed by atoms with Gasteiger partial charge in [0.2, 0.25) is 0 Å². The van der Waals surface area contributed by atoms with E-state index in [0.29, 0.717) is 17.9 Å². The second-order valence-electron chi connectivity index (χ2n) is 5.12. The molecule has 4 nitrogen and oxygen atoms in total. The van der Waals surface area contributed by atoms with Crippen LogP contribution in [0.1, 0.15) is 37.0 Å². The minimum Gasteiger partial charge on any atom is -0.491 e. The lowest BCUT2D eigenvalue weighted by molar-refractivity contribution is 0.0404. The molecular formula is C15H21NO3. The summed E-state index contributed by atoms with van der Waals surface area (Å²) in [5.74, 6) is 0.736. The van der Waals surface area contributed by atoms with Gasteiger partial charge >= 0.3 is 0 Å². The number of hydrogen-bond donors (Lipinski definition) is 1. The van der Waals surface area contributed by atoms with Crippen molar-refractivity contribution in [3.05, 3.63) is 29.8 Å². The summed E-state index contributed by atoms with van der Waals surface area (Å²) in [6.45, 7) is 4.39. The first kappa shape index (κ1) is 14.0. The second kappa shape index (κ2) is 6.17. The molecule has 19 heavy (non-hydrogen) atoms. The number of Topliss-reactive ketones (excluding diaryl/α,β-unsaturated/α-hetero) is 1. The zero-order valence-corrected chi connectivity index (χ0v) is 11.5. The monoisotopic (exact) mass is 263 g/mol. The van der Waals surface area contributed by atoms with E-state index in [0.717, 1.165) is 12.8 Å². The molecule has 2 N–H and O–H groups in total. The molecule has 1 fully saturated rings. The average molecular weight is 263 g/mol. The van der Waals surface area contributed by atoms with Gasteiger partial charge in [0.05, 0.1) is 12.2 Å². The fourth-order valence-corrected chi connectivity index (χ4v) is 2.25. The molecule has 1 saturated heterocycles. The van der Waals surface area contributed by atoms with Crippen molar-refractivity contribution in [3.63, 3.8) is 0 Å². The molecule has 2 atom stereocenters. The van der Waals surface area contributed by atoms with Crippen LogP contribution in [0, 0.1) is 0 Å². The topological polar surface area (TPSA) is 61.5 Å². The zero-order valence-electron chi connectivity index (χ0n) is 11.5.